The van der Waals surface area contributed by atoms with E-state index in [9.17, 15) is 8.78 Å². The Bertz CT molecular complexity index is 885. The number of aliphatic imine (C=N–C) groups is 1. The molecule has 5 heterocycles. The summed E-state index contributed by atoms with van der Waals surface area (Å²) in [6.45, 7) is 3.23. The molecule has 1 spiro atoms. The van der Waals surface area contributed by atoms with Crippen LogP contribution in [0.1, 0.15) is 19.3 Å². The van der Waals surface area contributed by atoms with Gasteiger partial charge in [0.25, 0.3) is 0 Å². The van der Waals surface area contributed by atoms with Crippen LogP contribution in [0.5, 0.6) is 0 Å². The zero-order valence-electron chi connectivity index (χ0n) is 14.0. The molecule has 4 aliphatic heterocycles. The molecule has 1 N–H and O–H groups in total. The molecule has 1 aromatic heterocycles. The van der Waals surface area contributed by atoms with Gasteiger partial charge in [-0.25, -0.2) is 18.8 Å². The van der Waals surface area contributed by atoms with Gasteiger partial charge in [-0.15, -0.1) is 12.4 Å². The first-order chi connectivity index (χ1) is 12.1. The van der Waals surface area contributed by atoms with Crippen LogP contribution in [0.3, 0.4) is 0 Å². The molecule has 0 unspecified atom stereocenters. The van der Waals surface area contributed by atoms with Crippen LogP contribution in [0.25, 0.3) is 10.8 Å². The summed E-state index contributed by atoms with van der Waals surface area (Å²) in [5.74, 6) is 0.0137. The lowest BCUT2D eigenvalue weighted by atomic mass is 9.74. The molecule has 26 heavy (non-hydrogen) atoms. The number of aromatic nitrogens is 1. The van der Waals surface area contributed by atoms with Crippen molar-refractivity contribution < 1.29 is 13.6 Å². The van der Waals surface area contributed by atoms with Crippen molar-refractivity contribution in [2.75, 3.05) is 19.6 Å². The molecule has 5 nitrogen and oxygen atoms in total. The van der Waals surface area contributed by atoms with Crippen molar-refractivity contribution in [1.29, 1.82) is 0 Å². The van der Waals surface area contributed by atoms with E-state index in [-0.39, 0.29) is 18.0 Å². The summed E-state index contributed by atoms with van der Waals surface area (Å²) in [6, 6.07) is 3.98. The van der Waals surface area contributed by atoms with E-state index in [1.54, 1.807) is 6.07 Å². The minimum atomic E-state index is -0.872. The molecule has 2 aromatic rings. The number of nitrogens with one attached hydrogen (secondary N) is 1. The number of halogens is 3. The fourth-order valence-corrected chi connectivity index (χ4v) is 4.34. The lowest BCUT2D eigenvalue weighted by Crippen LogP contribution is -2.59. The summed E-state index contributed by atoms with van der Waals surface area (Å²) < 4.78 is 26.7. The highest BCUT2D eigenvalue weighted by Crippen LogP contribution is 2.42. The maximum absolute atomic E-state index is 13.4. The van der Waals surface area contributed by atoms with E-state index >= 15 is 0 Å². The lowest BCUT2D eigenvalue weighted by molar-refractivity contribution is -0.150. The monoisotopic (exact) mass is 380 g/mol. The van der Waals surface area contributed by atoms with Gasteiger partial charge in [-0.05, 0) is 55.4 Å². The van der Waals surface area contributed by atoms with Gasteiger partial charge in [0.2, 0.25) is 0 Å². The summed E-state index contributed by atoms with van der Waals surface area (Å²) in [7, 11) is 0. The molecule has 0 amide bonds. The molecule has 0 saturated carbocycles. The van der Waals surface area contributed by atoms with Crippen LogP contribution in [0.4, 0.5) is 14.6 Å². The van der Waals surface area contributed by atoms with Crippen molar-refractivity contribution >= 4 is 34.8 Å². The van der Waals surface area contributed by atoms with Gasteiger partial charge in [0.15, 0.2) is 17.5 Å². The highest BCUT2D eigenvalue weighted by atomic mass is 35.5. The van der Waals surface area contributed by atoms with Crippen LogP contribution in [-0.2, 0) is 4.84 Å². The normalized spacial score (nSPS) is 31.4. The lowest BCUT2D eigenvalue weighted by Gasteiger charge is -2.49. The van der Waals surface area contributed by atoms with Crippen molar-refractivity contribution in [3.05, 3.63) is 36.0 Å². The van der Waals surface area contributed by atoms with Crippen LogP contribution in [0, 0.1) is 17.6 Å². The fourth-order valence-electron chi connectivity index (χ4n) is 4.34. The quantitative estimate of drug-likeness (QED) is 0.824. The molecule has 0 aliphatic carbocycles. The predicted octanol–water partition coefficient (Wildman–Crippen LogP) is 3.35. The molecule has 4 saturated heterocycles. The molecule has 2 bridgehead atoms. The van der Waals surface area contributed by atoms with Crippen LogP contribution in [0.2, 0.25) is 0 Å². The summed E-state index contributed by atoms with van der Waals surface area (Å²) in [6.07, 6.45) is 4.56. The molecule has 1 atom stereocenters. The number of pyridine rings is 1. The predicted molar refractivity (Wildman–Crippen MR) is 96.7 cm³/mol. The Kier molecular flexibility index (Phi) is 4.33. The minimum Gasteiger partial charge on any atom is -0.300 e. The largest absolute Gasteiger partial charge is 0.300 e. The van der Waals surface area contributed by atoms with Gasteiger partial charge in [-0.2, -0.15) is 0 Å². The second-order valence-electron chi connectivity index (χ2n) is 7.21. The summed E-state index contributed by atoms with van der Waals surface area (Å²) in [4.78, 5) is 17.2. The minimum absolute atomic E-state index is 0. The van der Waals surface area contributed by atoms with Gasteiger partial charge in [0, 0.05) is 24.5 Å². The number of amidine groups is 1. The van der Waals surface area contributed by atoms with E-state index in [1.165, 1.54) is 12.3 Å². The molecule has 4 fully saturated rings. The van der Waals surface area contributed by atoms with Gasteiger partial charge >= 0.3 is 0 Å². The maximum Gasteiger partial charge on any atom is 0.159 e. The van der Waals surface area contributed by atoms with Gasteiger partial charge in [0.1, 0.15) is 11.4 Å². The molecule has 0 radical (unpaired) electrons. The third-order valence-electron chi connectivity index (χ3n) is 5.66. The van der Waals surface area contributed by atoms with E-state index in [1.807, 2.05) is 0 Å². The zero-order valence-corrected chi connectivity index (χ0v) is 14.9. The van der Waals surface area contributed by atoms with Crippen LogP contribution < -0.4 is 5.48 Å². The Morgan fingerprint density at radius 1 is 1.15 bits per heavy atom. The topological polar surface area (TPSA) is 49.8 Å². The Balaban J connectivity index is 0.00000168. The molecular formula is C18H19ClF2N4O. The molecule has 6 rings (SSSR count). The Labute approximate surface area is 155 Å². The maximum atomic E-state index is 13.4. The fraction of sp³-hybridized carbons (Fsp3) is 0.444. The third-order valence-corrected chi connectivity index (χ3v) is 5.66. The first-order valence-corrected chi connectivity index (χ1v) is 8.60. The third kappa shape index (κ3) is 2.84. The van der Waals surface area contributed by atoms with Crippen LogP contribution >= 0.6 is 12.4 Å². The Hall–Kier alpha value is -1.83. The van der Waals surface area contributed by atoms with E-state index in [0.717, 1.165) is 50.8 Å². The van der Waals surface area contributed by atoms with Crippen molar-refractivity contribution in [2.45, 2.75) is 24.9 Å². The van der Waals surface area contributed by atoms with Gasteiger partial charge in [-0.3, -0.25) is 10.3 Å². The molecule has 8 heteroatoms. The van der Waals surface area contributed by atoms with Crippen LogP contribution in [0.15, 0.2) is 29.4 Å². The second-order valence-corrected chi connectivity index (χ2v) is 7.21. The highest BCUT2D eigenvalue weighted by Gasteiger charge is 2.52. The SMILES string of the molecule is Cl.Fc1cc2cnc(N=C3C[C@@]4(CN5CCC4CC5)ON3)cc2cc1F. The second kappa shape index (κ2) is 6.40. The standard InChI is InChI=1S/C18H18F2N4O.ClH/c19-14-5-11-7-16(21-9-12(11)6-15(14)20)22-17-8-18(25-23-17)10-24-3-1-13(18)2-4-24;/h5-7,9,13H,1-4,8,10H2,(H,21,22,23);1H/t18-;/m0./s1. The number of benzene rings is 1. The van der Waals surface area contributed by atoms with E-state index in [4.69, 9.17) is 4.84 Å². The van der Waals surface area contributed by atoms with Gasteiger partial charge in [-0.1, -0.05) is 0 Å². The van der Waals surface area contributed by atoms with E-state index in [0.29, 0.717) is 22.5 Å². The highest BCUT2D eigenvalue weighted by molar-refractivity contribution is 5.88. The smallest absolute Gasteiger partial charge is 0.159 e. The van der Waals surface area contributed by atoms with Crippen molar-refractivity contribution in [2.24, 2.45) is 10.9 Å². The van der Waals surface area contributed by atoms with E-state index < -0.39 is 11.6 Å². The number of rotatable bonds is 1. The number of hydrogen-bond donors (Lipinski definition) is 1. The Morgan fingerprint density at radius 3 is 2.58 bits per heavy atom. The summed E-state index contributed by atoms with van der Waals surface area (Å²) in [5.41, 5.74) is 2.78. The number of nitrogens with zero attached hydrogens (tertiary/aromatic N) is 3. The van der Waals surface area contributed by atoms with Gasteiger partial charge in [0.05, 0.1) is 0 Å². The summed E-state index contributed by atoms with van der Waals surface area (Å²) >= 11 is 0. The molecule has 138 valence electrons. The van der Waals surface area contributed by atoms with Crippen molar-refractivity contribution in [1.82, 2.24) is 15.4 Å². The molecular weight excluding hydrogens is 362 g/mol. The average Bonchev–Trinajstić information content (AvgIpc) is 2.99. The number of hydroxylamine groups is 1. The van der Waals surface area contributed by atoms with Gasteiger partial charge < -0.3 is 4.90 Å². The average molecular weight is 381 g/mol. The molecule has 1 aromatic carbocycles. The number of fused-ring (bicyclic) bond motifs is 3. The zero-order chi connectivity index (χ0) is 17.0. The molecule has 4 aliphatic rings. The Morgan fingerprint density at radius 2 is 1.88 bits per heavy atom. The summed E-state index contributed by atoms with van der Waals surface area (Å²) in [5, 5.41) is 1.12. The number of piperidine rings is 3. The van der Waals surface area contributed by atoms with Crippen molar-refractivity contribution in [3.63, 3.8) is 0 Å². The number of hydrogen-bond acceptors (Lipinski definition) is 4. The van der Waals surface area contributed by atoms with E-state index in [2.05, 4.69) is 20.4 Å². The van der Waals surface area contributed by atoms with Crippen LogP contribution in [-0.4, -0.2) is 41.0 Å². The first kappa shape index (κ1) is 17.6. The first-order valence-electron chi connectivity index (χ1n) is 8.60. The van der Waals surface area contributed by atoms with Crippen molar-refractivity contribution in [3.8, 4) is 0 Å².